The highest BCUT2D eigenvalue weighted by Crippen LogP contribution is 2.40. The van der Waals surface area contributed by atoms with Crippen LogP contribution in [-0.4, -0.2) is 45.9 Å². The van der Waals surface area contributed by atoms with Crippen molar-refractivity contribution in [1.82, 2.24) is 14.8 Å². The van der Waals surface area contributed by atoms with Crippen LogP contribution in [0, 0.1) is 0 Å². The summed E-state index contributed by atoms with van der Waals surface area (Å²) in [7, 11) is 0. The van der Waals surface area contributed by atoms with Gasteiger partial charge >= 0.3 is 6.03 Å². The quantitative estimate of drug-likeness (QED) is 0.803. The summed E-state index contributed by atoms with van der Waals surface area (Å²) in [4.78, 5) is 32.5. The average Bonchev–Trinajstić information content (AvgIpc) is 3.20. The Bertz CT molecular complexity index is 557. The molecular weight excluding hydrogens is 286 g/mol. The molecule has 1 aliphatic carbocycles. The number of piperidine rings is 1. The minimum atomic E-state index is -0.190. The Morgan fingerprint density at radius 3 is 2.86 bits per heavy atom. The van der Waals surface area contributed by atoms with Gasteiger partial charge in [-0.1, -0.05) is 0 Å². The van der Waals surface area contributed by atoms with Crippen LogP contribution in [0.2, 0.25) is 0 Å². The Morgan fingerprint density at radius 1 is 1.24 bits per heavy atom. The maximum absolute atomic E-state index is 12.3. The summed E-state index contributed by atoms with van der Waals surface area (Å²) >= 11 is 1.66. The van der Waals surface area contributed by atoms with Crippen LogP contribution in [0.3, 0.4) is 0 Å². The first-order chi connectivity index (χ1) is 10.2. The number of amides is 3. The van der Waals surface area contributed by atoms with E-state index in [1.54, 1.807) is 16.2 Å². The number of hydrogen-bond donors (Lipinski definition) is 0. The number of fused-ring (bicyclic) bond motifs is 1. The van der Waals surface area contributed by atoms with Gasteiger partial charge in [0.05, 0.1) is 10.7 Å². The van der Waals surface area contributed by atoms with Crippen molar-refractivity contribution in [1.29, 1.82) is 0 Å². The summed E-state index contributed by atoms with van der Waals surface area (Å²) in [5.74, 6) is 0.665. The molecule has 0 spiro atoms. The van der Waals surface area contributed by atoms with Crippen LogP contribution in [0.5, 0.6) is 0 Å². The van der Waals surface area contributed by atoms with Crippen molar-refractivity contribution in [2.24, 2.45) is 0 Å². The topological polar surface area (TPSA) is 53.5 Å². The average molecular weight is 305 g/mol. The molecule has 6 heteroatoms. The second kappa shape index (κ2) is 5.09. The lowest BCUT2D eigenvalue weighted by Crippen LogP contribution is -2.39. The fourth-order valence-corrected chi connectivity index (χ4v) is 4.14. The van der Waals surface area contributed by atoms with Gasteiger partial charge in [-0.15, -0.1) is 11.3 Å². The molecule has 3 amide bonds. The summed E-state index contributed by atoms with van der Waals surface area (Å²) in [6, 6.07) is -0.284. The SMILES string of the molecule is O=C1[C@@H]2CCCCN2C(=O)N1CCc1nc(C2CC2)cs1. The van der Waals surface area contributed by atoms with Crippen LogP contribution in [0.15, 0.2) is 5.38 Å². The molecule has 0 radical (unpaired) electrons. The van der Waals surface area contributed by atoms with E-state index in [4.69, 9.17) is 0 Å². The largest absolute Gasteiger partial charge is 0.327 e. The minimum absolute atomic E-state index is 0.00123. The number of hydrogen-bond acceptors (Lipinski definition) is 4. The van der Waals surface area contributed by atoms with Gasteiger partial charge in [0, 0.05) is 30.8 Å². The Labute approximate surface area is 127 Å². The number of aromatic nitrogens is 1. The van der Waals surface area contributed by atoms with E-state index in [1.807, 2.05) is 0 Å². The molecule has 1 aromatic rings. The van der Waals surface area contributed by atoms with Gasteiger partial charge in [-0.25, -0.2) is 9.78 Å². The molecule has 112 valence electrons. The molecule has 2 saturated heterocycles. The summed E-state index contributed by atoms with van der Waals surface area (Å²) in [6.45, 7) is 1.21. The number of imide groups is 1. The first kappa shape index (κ1) is 13.2. The molecule has 21 heavy (non-hydrogen) atoms. The molecule has 3 heterocycles. The maximum atomic E-state index is 12.3. The molecule has 0 N–H and O–H groups in total. The first-order valence-corrected chi connectivity index (χ1v) is 8.68. The molecule has 1 atom stereocenters. The highest BCUT2D eigenvalue weighted by molar-refractivity contribution is 7.09. The first-order valence-electron chi connectivity index (χ1n) is 7.80. The predicted octanol–water partition coefficient (Wildman–Crippen LogP) is 2.38. The predicted molar refractivity (Wildman–Crippen MR) is 79.2 cm³/mol. The molecule has 0 bridgehead atoms. The number of nitrogens with zero attached hydrogens (tertiary/aromatic N) is 3. The number of urea groups is 1. The zero-order valence-electron chi connectivity index (χ0n) is 12.0. The second-order valence-electron chi connectivity index (χ2n) is 6.17. The van der Waals surface area contributed by atoms with Crippen molar-refractivity contribution < 1.29 is 9.59 Å². The molecule has 1 saturated carbocycles. The number of thiazole rings is 1. The zero-order chi connectivity index (χ0) is 14.4. The molecule has 5 nitrogen and oxygen atoms in total. The van der Waals surface area contributed by atoms with Crippen LogP contribution in [-0.2, 0) is 11.2 Å². The van der Waals surface area contributed by atoms with E-state index in [2.05, 4.69) is 10.4 Å². The van der Waals surface area contributed by atoms with E-state index < -0.39 is 0 Å². The Morgan fingerprint density at radius 2 is 2.10 bits per heavy atom. The molecule has 0 aromatic carbocycles. The second-order valence-corrected chi connectivity index (χ2v) is 7.11. The maximum Gasteiger partial charge on any atom is 0.327 e. The lowest BCUT2D eigenvalue weighted by molar-refractivity contribution is -0.128. The van der Waals surface area contributed by atoms with Crippen molar-refractivity contribution >= 4 is 23.3 Å². The number of carbonyl (C=O) groups excluding carboxylic acids is 2. The lowest BCUT2D eigenvalue weighted by Gasteiger charge is -2.26. The van der Waals surface area contributed by atoms with Gasteiger partial charge in [0.1, 0.15) is 6.04 Å². The monoisotopic (exact) mass is 305 g/mol. The van der Waals surface area contributed by atoms with Crippen LogP contribution in [0.4, 0.5) is 4.79 Å². The van der Waals surface area contributed by atoms with Crippen LogP contribution in [0.1, 0.15) is 48.7 Å². The standard InChI is InChI=1S/C15H19N3O2S/c19-14-12-3-1-2-7-17(12)15(20)18(14)8-6-13-16-11(9-21-13)10-4-5-10/h9-10,12H,1-8H2/t12-/m0/s1. The lowest BCUT2D eigenvalue weighted by atomic mass is 10.0. The van der Waals surface area contributed by atoms with Crippen molar-refractivity contribution in [2.75, 3.05) is 13.1 Å². The third-order valence-corrected chi connectivity index (χ3v) is 5.57. The van der Waals surface area contributed by atoms with Gasteiger partial charge in [-0.3, -0.25) is 9.69 Å². The van der Waals surface area contributed by atoms with Crippen molar-refractivity contribution in [3.63, 3.8) is 0 Å². The summed E-state index contributed by atoms with van der Waals surface area (Å²) in [5.41, 5.74) is 1.20. The van der Waals surface area contributed by atoms with E-state index in [1.165, 1.54) is 23.4 Å². The molecule has 3 aliphatic rings. The molecule has 3 fully saturated rings. The molecular formula is C15H19N3O2S. The van der Waals surface area contributed by atoms with Gasteiger partial charge < -0.3 is 4.90 Å². The van der Waals surface area contributed by atoms with E-state index in [0.29, 0.717) is 18.9 Å². The number of carbonyl (C=O) groups is 2. The molecule has 1 aromatic heterocycles. The van der Waals surface area contributed by atoms with Crippen LogP contribution < -0.4 is 0 Å². The Kier molecular flexibility index (Phi) is 3.21. The zero-order valence-corrected chi connectivity index (χ0v) is 12.8. The van der Waals surface area contributed by atoms with E-state index >= 15 is 0 Å². The van der Waals surface area contributed by atoms with Crippen LogP contribution in [0.25, 0.3) is 0 Å². The molecule has 2 aliphatic heterocycles. The van der Waals surface area contributed by atoms with Crippen LogP contribution >= 0.6 is 11.3 Å². The summed E-state index contributed by atoms with van der Waals surface area (Å²) in [5, 5.41) is 3.17. The Hall–Kier alpha value is -1.43. The highest BCUT2D eigenvalue weighted by Gasteiger charge is 2.45. The van der Waals surface area contributed by atoms with Crippen molar-refractivity contribution in [2.45, 2.75) is 50.5 Å². The van der Waals surface area contributed by atoms with E-state index in [9.17, 15) is 9.59 Å². The minimum Gasteiger partial charge on any atom is -0.312 e. The third kappa shape index (κ3) is 2.35. The van der Waals surface area contributed by atoms with Crippen molar-refractivity contribution in [3.8, 4) is 0 Å². The third-order valence-electron chi connectivity index (χ3n) is 4.64. The molecule has 4 rings (SSSR count). The van der Waals surface area contributed by atoms with Gasteiger partial charge in [0.25, 0.3) is 5.91 Å². The van der Waals surface area contributed by atoms with E-state index in [-0.39, 0.29) is 18.0 Å². The van der Waals surface area contributed by atoms with Gasteiger partial charge in [-0.05, 0) is 32.1 Å². The fraction of sp³-hybridized carbons (Fsp3) is 0.667. The van der Waals surface area contributed by atoms with Gasteiger partial charge in [0.15, 0.2) is 0 Å². The summed E-state index contributed by atoms with van der Waals surface area (Å²) < 4.78 is 0. The molecule has 0 unspecified atom stereocenters. The van der Waals surface area contributed by atoms with E-state index in [0.717, 1.165) is 30.8 Å². The van der Waals surface area contributed by atoms with Gasteiger partial charge in [-0.2, -0.15) is 0 Å². The normalized spacial score (nSPS) is 25.6. The van der Waals surface area contributed by atoms with Crippen molar-refractivity contribution in [3.05, 3.63) is 16.1 Å². The smallest absolute Gasteiger partial charge is 0.312 e. The Balaban J connectivity index is 1.41. The number of rotatable bonds is 4. The van der Waals surface area contributed by atoms with Gasteiger partial charge in [0.2, 0.25) is 0 Å². The fourth-order valence-electron chi connectivity index (χ4n) is 3.27. The highest BCUT2D eigenvalue weighted by atomic mass is 32.1. The summed E-state index contributed by atoms with van der Waals surface area (Å²) in [6.07, 6.45) is 6.08.